The highest BCUT2D eigenvalue weighted by Gasteiger charge is 2.48. The average Bonchev–Trinajstić information content (AvgIpc) is 2.96. The molecule has 4 heteroatoms. The van der Waals surface area contributed by atoms with Crippen LogP contribution in [0.15, 0.2) is 11.6 Å². The lowest BCUT2D eigenvalue weighted by Crippen LogP contribution is -2.54. The molecule has 2 saturated heterocycles. The number of nitrogens with zero attached hydrogens (tertiary/aromatic N) is 2. The van der Waals surface area contributed by atoms with Crippen LogP contribution in [0, 0.1) is 0 Å². The number of piperidine rings is 1. The number of nitrogens with one attached hydrogen (secondary N) is 1. The van der Waals surface area contributed by atoms with Crippen LogP contribution in [-0.2, 0) is 5.54 Å². The predicted molar refractivity (Wildman–Crippen MR) is 75.9 cm³/mol. The van der Waals surface area contributed by atoms with Gasteiger partial charge in [-0.3, -0.25) is 0 Å². The molecule has 1 N–H and O–H groups in total. The summed E-state index contributed by atoms with van der Waals surface area (Å²) in [6.45, 7) is 3.34. The summed E-state index contributed by atoms with van der Waals surface area (Å²) < 4.78 is 0. The average molecular weight is 265 g/mol. The van der Waals surface area contributed by atoms with Gasteiger partial charge in [-0.25, -0.2) is 4.98 Å². The van der Waals surface area contributed by atoms with E-state index >= 15 is 0 Å². The number of hydrogen-bond acceptors (Lipinski definition) is 4. The molecule has 2 bridgehead atoms. The summed E-state index contributed by atoms with van der Waals surface area (Å²) >= 11 is 1.82. The molecule has 2 aliphatic rings. The fourth-order valence-electron chi connectivity index (χ4n) is 3.69. The fraction of sp³-hybridized carbons (Fsp3) is 0.786. The second-order valence-electron chi connectivity index (χ2n) is 5.80. The Morgan fingerprint density at radius 2 is 2.17 bits per heavy atom. The van der Waals surface area contributed by atoms with E-state index in [1.54, 1.807) is 0 Å². The first kappa shape index (κ1) is 12.6. The minimum absolute atomic E-state index is 0.155. The molecular formula is C14H23N3S. The van der Waals surface area contributed by atoms with Crippen LogP contribution < -0.4 is 5.32 Å². The zero-order valence-corrected chi connectivity index (χ0v) is 12.2. The van der Waals surface area contributed by atoms with Gasteiger partial charge in [-0.1, -0.05) is 6.92 Å². The van der Waals surface area contributed by atoms with Gasteiger partial charge in [0.05, 0.1) is 5.54 Å². The third kappa shape index (κ3) is 2.00. The van der Waals surface area contributed by atoms with Gasteiger partial charge in [-0.05, 0) is 45.7 Å². The largest absolute Gasteiger partial charge is 0.305 e. The quantitative estimate of drug-likeness (QED) is 0.907. The van der Waals surface area contributed by atoms with Crippen molar-refractivity contribution in [1.29, 1.82) is 0 Å². The molecule has 2 aliphatic heterocycles. The standard InChI is InChI=1S/C14H23N3S/c1-3-6-16-14(13-15-7-8-18-13)9-11-4-5-12(10-14)17(11)2/h7-8,11-12,16H,3-6,9-10H2,1-2H3. The first-order valence-corrected chi connectivity index (χ1v) is 8.00. The van der Waals surface area contributed by atoms with Crippen LogP contribution in [0.25, 0.3) is 0 Å². The van der Waals surface area contributed by atoms with Crippen molar-refractivity contribution in [3.63, 3.8) is 0 Å². The summed E-state index contributed by atoms with van der Waals surface area (Å²) in [5, 5.41) is 7.25. The molecule has 2 unspecified atom stereocenters. The lowest BCUT2D eigenvalue weighted by molar-refractivity contribution is 0.0888. The van der Waals surface area contributed by atoms with Crippen molar-refractivity contribution < 1.29 is 0 Å². The number of fused-ring (bicyclic) bond motifs is 2. The Labute approximate surface area is 114 Å². The highest BCUT2D eigenvalue weighted by atomic mass is 32.1. The summed E-state index contributed by atoms with van der Waals surface area (Å²) in [5.41, 5.74) is 0.155. The van der Waals surface area contributed by atoms with Gasteiger partial charge in [0.1, 0.15) is 5.01 Å². The number of thiazole rings is 1. The smallest absolute Gasteiger partial charge is 0.113 e. The number of rotatable bonds is 4. The van der Waals surface area contributed by atoms with Crippen molar-refractivity contribution >= 4 is 11.3 Å². The Balaban J connectivity index is 1.88. The molecule has 0 aliphatic carbocycles. The van der Waals surface area contributed by atoms with Gasteiger partial charge in [-0.15, -0.1) is 11.3 Å². The highest BCUT2D eigenvalue weighted by molar-refractivity contribution is 7.09. The van der Waals surface area contributed by atoms with Crippen molar-refractivity contribution in [2.75, 3.05) is 13.6 Å². The molecular weight excluding hydrogens is 242 g/mol. The summed E-state index contributed by atoms with van der Waals surface area (Å²) in [4.78, 5) is 7.22. The van der Waals surface area contributed by atoms with Gasteiger partial charge < -0.3 is 10.2 Å². The van der Waals surface area contributed by atoms with Crippen molar-refractivity contribution in [3.05, 3.63) is 16.6 Å². The van der Waals surface area contributed by atoms with Crippen molar-refractivity contribution in [1.82, 2.24) is 15.2 Å². The zero-order valence-electron chi connectivity index (χ0n) is 11.4. The third-order valence-corrected chi connectivity index (χ3v) is 5.69. The Morgan fingerprint density at radius 3 is 2.72 bits per heavy atom. The minimum atomic E-state index is 0.155. The van der Waals surface area contributed by atoms with Gasteiger partial charge >= 0.3 is 0 Å². The molecule has 100 valence electrons. The van der Waals surface area contributed by atoms with Crippen molar-refractivity contribution in [2.45, 2.75) is 56.7 Å². The molecule has 0 saturated carbocycles. The van der Waals surface area contributed by atoms with Crippen LogP contribution in [0.5, 0.6) is 0 Å². The molecule has 1 aromatic heterocycles. The molecule has 2 fully saturated rings. The lowest BCUT2D eigenvalue weighted by Gasteiger charge is -2.45. The molecule has 3 heterocycles. The van der Waals surface area contributed by atoms with E-state index in [9.17, 15) is 0 Å². The second-order valence-corrected chi connectivity index (χ2v) is 6.70. The molecule has 3 rings (SSSR count). The Morgan fingerprint density at radius 1 is 1.44 bits per heavy atom. The zero-order chi connectivity index (χ0) is 12.6. The summed E-state index contributed by atoms with van der Waals surface area (Å²) in [7, 11) is 2.30. The second kappa shape index (κ2) is 4.91. The normalized spacial score (nSPS) is 36.1. The molecule has 18 heavy (non-hydrogen) atoms. The van der Waals surface area contributed by atoms with Gasteiger partial charge in [-0.2, -0.15) is 0 Å². The van der Waals surface area contributed by atoms with Gasteiger partial charge in [0.15, 0.2) is 0 Å². The molecule has 0 spiro atoms. The molecule has 1 aromatic rings. The maximum absolute atomic E-state index is 4.62. The molecule has 2 atom stereocenters. The van der Waals surface area contributed by atoms with Crippen LogP contribution >= 0.6 is 11.3 Å². The Hall–Kier alpha value is -0.450. The Bertz CT molecular complexity index is 376. The first-order chi connectivity index (χ1) is 8.75. The SMILES string of the molecule is CCCNC1(c2nccs2)CC2CCC(C1)N2C. The van der Waals surface area contributed by atoms with E-state index in [1.165, 1.54) is 37.1 Å². The third-order valence-electron chi connectivity index (χ3n) is 4.71. The van der Waals surface area contributed by atoms with Crippen LogP contribution in [0.1, 0.15) is 44.0 Å². The first-order valence-electron chi connectivity index (χ1n) is 7.12. The molecule has 0 amide bonds. The van der Waals surface area contributed by atoms with Gasteiger partial charge in [0, 0.05) is 23.7 Å². The molecule has 0 aromatic carbocycles. The van der Waals surface area contributed by atoms with Crippen LogP contribution in [0.3, 0.4) is 0 Å². The summed E-state index contributed by atoms with van der Waals surface area (Å²) in [6.07, 6.45) is 8.33. The monoisotopic (exact) mass is 265 g/mol. The van der Waals surface area contributed by atoms with E-state index in [1.807, 2.05) is 17.5 Å². The predicted octanol–water partition coefficient (Wildman–Crippen LogP) is 2.59. The van der Waals surface area contributed by atoms with Crippen molar-refractivity contribution in [2.24, 2.45) is 0 Å². The van der Waals surface area contributed by atoms with E-state index in [-0.39, 0.29) is 5.54 Å². The molecule has 0 radical (unpaired) electrons. The van der Waals surface area contributed by atoms with Crippen LogP contribution in [0.2, 0.25) is 0 Å². The fourth-order valence-corrected chi connectivity index (χ4v) is 4.53. The van der Waals surface area contributed by atoms with Gasteiger partial charge in [0.25, 0.3) is 0 Å². The lowest BCUT2D eigenvalue weighted by atomic mass is 9.83. The highest BCUT2D eigenvalue weighted by Crippen LogP contribution is 2.45. The summed E-state index contributed by atoms with van der Waals surface area (Å²) in [6, 6.07) is 1.49. The summed E-state index contributed by atoms with van der Waals surface area (Å²) in [5.74, 6) is 0. The molecule has 3 nitrogen and oxygen atoms in total. The van der Waals surface area contributed by atoms with E-state index in [4.69, 9.17) is 0 Å². The number of hydrogen-bond donors (Lipinski definition) is 1. The van der Waals surface area contributed by atoms with Crippen molar-refractivity contribution in [3.8, 4) is 0 Å². The topological polar surface area (TPSA) is 28.2 Å². The van der Waals surface area contributed by atoms with Crippen LogP contribution in [0.4, 0.5) is 0 Å². The van der Waals surface area contributed by atoms with E-state index in [2.05, 4.69) is 34.6 Å². The minimum Gasteiger partial charge on any atom is -0.305 e. The van der Waals surface area contributed by atoms with Gasteiger partial charge in [0.2, 0.25) is 0 Å². The maximum Gasteiger partial charge on any atom is 0.113 e. The van der Waals surface area contributed by atoms with E-state index in [0.29, 0.717) is 0 Å². The maximum atomic E-state index is 4.62. The Kier molecular flexibility index (Phi) is 3.43. The van der Waals surface area contributed by atoms with Crippen LogP contribution in [-0.4, -0.2) is 35.6 Å². The van der Waals surface area contributed by atoms with E-state index < -0.39 is 0 Å². The number of aromatic nitrogens is 1. The van der Waals surface area contributed by atoms with E-state index in [0.717, 1.165) is 18.6 Å².